The minimum Gasteiger partial charge on any atom is -0.481 e. The second-order valence-electron chi connectivity index (χ2n) is 3.79. The minimum atomic E-state index is -0.819. The molecule has 3 N–H and O–H groups in total. The first kappa shape index (κ1) is 12.0. The first-order valence-electron chi connectivity index (χ1n) is 5.43. The monoisotopic (exact) mass is 214 g/mol. The first-order valence-corrected chi connectivity index (χ1v) is 5.43. The topological polar surface area (TPSA) is 78.4 Å². The number of nitrogens with one attached hydrogen (secondary N) is 2. The maximum Gasteiger partial charge on any atom is 0.303 e. The van der Waals surface area contributed by atoms with Crippen LogP contribution in [0.2, 0.25) is 0 Å². The molecular weight excluding hydrogens is 196 g/mol. The molecule has 0 aromatic rings. The number of carbonyl (C=O) groups is 2. The summed E-state index contributed by atoms with van der Waals surface area (Å²) in [6, 6.07) is -0.0800. The van der Waals surface area contributed by atoms with Crippen LogP contribution in [-0.2, 0) is 9.59 Å². The van der Waals surface area contributed by atoms with Gasteiger partial charge in [-0.3, -0.25) is 9.59 Å². The van der Waals surface area contributed by atoms with Crippen LogP contribution in [0.15, 0.2) is 0 Å². The average Bonchev–Trinajstić information content (AvgIpc) is 2.25. The number of carbonyl (C=O) groups excluding carboxylic acids is 1. The van der Waals surface area contributed by atoms with E-state index in [-0.39, 0.29) is 18.4 Å². The fourth-order valence-corrected chi connectivity index (χ4v) is 1.65. The van der Waals surface area contributed by atoms with E-state index >= 15 is 0 Å². The molecule has 1 saturated heterocycles. The van der Waals surface area contributed by atoms with E-state index in [1.165, 1.54) is 0 Å². The van der Waals surface area contributed by atoms with E-state index in [0.29, 0.717) is 13.0 Å². The zero-order valence-corrected chi connectivity index (χ0v) is 8.79. The number of carboxylic acids is 1. The van der Waals surface area contributed by atoms with Crippen LogP contribution < -0.4 is 10.6 Å². The molecule has 0 radical (unpaired) electrons. The van der Waals surface area contributed by atoms with Crippen LogP contribution in [0.4, 0.5) is 0 Å². The Kier molecular flexibility index (Phi) is 5.10. The van der Waals surface area contributed by atoms with Crippen LogP contribution in [0.5, 0.6) is 0 Å². The number of rotatable bonds is 5. The van der Waals surface area contributed by atoms with Crippen molar-refractivity contribution in [1.82, 2.24) is 10.6 Å². The largest absolute Gasteiger partial charge is 0.481 e. The van der Waals surface area contributed by atoms with E-state index in [2.05, 4.69) is 10.6 Å². The third kappa shape index (κ3) is 4.78. The Bertz CT molecular complexity index is 225. The van der Waals surface area contributed by atoms with Gasteiger partial charge in [-0.2, -0.15) is 0 Å². The standard InChI is InChI=1S/C10H18N2O3/c13-9(14)5-3-7-12-10(15)8-4-1-2-6-11-8/h8,11H,1-7H2,(H,12,15)(H,13,14)/t8-/m0/s1. The fraction of sp³-hybridized carbons (Fsp3) is 0.800. The van der Waals surface area contributed by atoms with Crippen molar-refractivity contribution in [2.45, 2.75) is 38.1 Å². The summed E-state index contributed by atoms with van der Waals surface area (Å²) in [5.41, 5.74) is 0. The maximum absolute atomic E-state index is 11.5. The van der Waals surface area contributed by atoms with Crippen molar-refractivity contribution in [2.75, 3.05) is 13.1 Å². The molecule has 1 aliphatic heterocycles. The van der Waals surface area contributed by atoms with Gasteiger partial charge in [-0.25, -0.2) is 0 Å². The number of amides is 1. The van der Waals surface area contributed by atoms with Gasteiger partial charge in [0.25, 0.3) is 0 Å². The van der Waals surface area contributed by atoms with Gasteiger partial charge in [0, 0.05) is 13.0 Å². The van der Waals surface area contributed by atoms with E-state index in [4.69, 9.17) is 5.11 Å². The molecule has 15 heavy (non-hydrogen) atoms. The summed E-state index contributed by atoms with van der Waals surface area (Å²) in [6.07, 6.45) is 3.69. The van der Waals surface area contributed by atoms with E-state index < -0.39 is 5.97 Å². The minimum absolute atomic E-state index is 0.0000822. The molecule has 0 saturated carbocycles. The lowest BCUT2D eigenvalue weighted by Gasteiger charge is -2.22. The first-order chi connectivity index (χ1) is 7.20. The van der Waals surface area contributed by atoms with Gasteiger partial charge in [0.15, 0.2) is 0 Å². The Hall–Kier alpha value is -1.10. The lowest BCUT2D eigenvalue weighted by atomic mass is 10.0. The summed E-state index contributed by atoms with van der Waals surface area (Å²) in [5.74, 6) is -0.819. The number of aliphatic carboxylic acids is 1. The van der Waals surface area contributed by atoms with Gasteiger partial charge in [0.1, 0.15) is 0 Å². The lowest BCUT2D eigenvalue weighted by molar-refractivity contribution is -0.137. The van der Waals surface area contributed by atoms with Crippen LogP contribution in [0.3, 0.4) is 0 Å². The number of hydrogen-bond donors (Lipinski definition) is 3. The molecule has 5 nitrogen and oxygen atoms in total. The highest BCUT2D eigenvalue weighted by Crippen LogP contribution is 2.06. The maximum atomic E-state index is 11.5. The van der Waals surface area contributed by atoms with Crippen molar-refractivity contribution in [3.8, 4) is 0 Å². The van der Waals surface area contributed by atoms with Crippen LogP contribution in [0.1, 0.15) is 32.1 Å². The summed E-state index contributed by atoms with van der Waals surface area (Å²) in [4.78, 5) is 21.7. The normalized spacial score (nSPS) is 20.9. The van der Waals surface area contributed by atoms with Gasteiger partial charge >= 0.3 is 5.97 Å². The molecule has 1 amide bonds. The predicted molar refractivity (Wildman–Crippen MR) is 55.5 cm³/mol. The highest BCUT2D eigenvalue weighted by Gasteiger charge is 2.19. The van der Waals surface area contributed by atoms with Crippen LogP contribution in [0.25, 0.3) is 0 Å². The van der Waals surface area contributed by atoms with Gasteiger partial charge in [-0.15, -0.1) is 0 Å². The van der Waals surface area contributed by atoms with Crippen LogP contribution in [0, 0.1) is 0 Å². The van der Waals surface area contributed by atoms with Crippen molar-refractivity contribution in [3.63, 3.8) is 0 Å². The number of hydrogen-bond acceptors (Lipinski definition) is 3. The van der Waals surface area contributed by atoms with Crippen LogP contribution in [-0.4, -0.2) is 36.1 Å². The highest BCUT2D eigenvalue weighted by atomic mass is 16.4. The molecule has 0 aromatic carbocycles. The quantitative estimate of drug-likeness (QED) is 0.568. The molecule has 1 fully saturated rings. The number of piperidine rings is 1. The highest BCUT2D eigenvalue weighted by molar-refractivity contribution is 5.81. The fourth-order valence-electron chi connectivity index (χ4n) is 1.65. The Morgan fingerprint density at radius 1 is 1.40 bits per heavy atom. The Balaban J connectivity index is 2.09. The molecule has 1 aliphatic rings. The van der Waals surface area contributed by atoms with Crippen LogP contribution >= 0.6 is 0 Å². The summed E-state index contributed by atoms with van der Waals surface area (Å²) >= 11 is 0. The Labute approximate surface area is 89.2 Å². The van der Waals surface area contributed by atoms with Gasteiger partial charge in [-0.1, -0.05) is 6.42 Å². The summed E-state index contributed by atoms with van der Waals surface area (Å²) < 4.78 is 0. The Morgan fingerprint density at radius 3 is 2.80 bits per heavy atom. The molecule has 5 heteroatoms. The summed E-state index contributed by atoms with van der Waals surface area (Å²) in [5, 5.41) is 14.3. The van der Waals surface area contributed by atoms with Gasteiger partial charge in [0.2, 0.25) is 5.91 Å². The zero-order valence-electron chi connectivity index (χ0n) is 8.79. The second-order valence-corrected chi connectivity index (χ2v) is 3.79. The third-order valence-electron chi connectivity index (χ3n) is 2.49. The van der Waals surface area contributed by atoms with Crippen molar-refractivity contribution < 1.29 is 14.7 Å². The second kappa shape index (κ2) is 6.40. The molecule has 0 aliphatic carbocycles. The van der Waals surface area contributed by atoms with Crippen molar-refractivity contribution in [1.29, 1.82) is 0 Å². The molecule has 0 aromatic heterocycles. The smallest absolute Gasteiger partial charge is 0.303 e. The van der Waals surface area contributed by atoms with E-state index in [1.54, 1.807) is 0 Å². The van der Waals surface area contributed by atoms with E-state index in [9.17, 15) is 9.59 Å². The molecule has 1 rings (SSSR count). The lowest BCUT2D eigenvalue weighted by Crippen LogP contribution is -2.46. The molecule has 1 heterocycles. The Morgan fingerprint density at radius 2 is 2.20 bits per heavy atom. The van der Waals surface area contributed by atoms with Crippen molar-refractivity contribution >= 4 is 11.9 Å². The van der Waals surface area contributed by atoms with E-state index in [1.807, 2.05) is 0 Å². The molecule has 1 atom stereocenters. The molecule has 0 bridgehead atoms. The van der Waals surface area contributed by atoms with Crippen molar-refractivity contribution in [2.24, 2.45) is 0 Å². The average molecular weight is 214 g/mol. The summed E-state index contributed by atoms with van der Waals surface area (Å²) in [7, 11) is 0. The zero-order chi connectivity index (χ0) is 11.1. The molecular formula is C10H18N2O3. The molecule has 0 unspecified atom stereocenters. The van der Waals surface area contributed by atoms with Gasteiger partial charge in [0.05, 0.1) is 6.04 Å². The van der Waals surface area contributed by atoms with Gasteiger partial charge in [-0.05, 0) is 25.8 Å². The summed E-state index contributed by atoms with van der Waals surface area (Å²) in [6.45, 7) is 1.34. The third-order valence-corrected chi connectivity index (χ3v) is 2.49. The molecule has 0 spiro atoms. The van der Waals surface area contributed by atoms with Crippen molar-refractivity contribution in [3.05, 3.63) is 0 Å². The van der Waals surface area contributed by atoms with E-state index in [0.717, 1.165) is 25.8 Å². The molecule has 86 valence electrons. The van der Waals surface area contributed by atoms with Gasteiger partial charge < -0.3 is 15.7 Å². The number of carboxylic acid groups (broad SMARTS) is 1. The predicted octanol–water partition coefficient (Wildman–Crippen LogP) is 0.109. The SMILES string of the molecule is O=C(O)CCCNC(=O)[C@@H]1CCCCN1.